The third kappa shape index (κ3) is 7.16. The zero-order valence-electron chi connectivity index (χ0n) is 21.6. The van der Waals surface area contributed by atoms with Crippen molar-refractivity contribution in [3.05, 3.63) is 29.1 Å². The number of hydrogen-bond donors (Lipinski definition) is 0. The van der Waals surface area contributed by atoms with E-state index in [1.165, 1.54) is 50.7 Å². The Bertz CT molecular complexity index is 795. The van der Waals surface area contributed by atoms with Gasteiger partial charge in [0.2, 0.25) is 0 Å². The third-order valence-corrected chi connectivity index (χ3v) is 9.53. The highest BCUT2D eigenvalue weighted by Crippen LogP contribution is 2.42. The van der Waals surface area contributed by atoms with E-state index in [9.17, 15) is 13.2 Å². The van der Waals surface area contributed by atoms with Gasteiger partial charge in [-0.2, -0.15) is 13.2 Å². The minimum atomic E-state index is -4.71. The minimum absolute atomic E-state index is 0.0725. The average Bonchev–Trinajstić information content (AvgIpc) is 2.83. The maximum atomic E-state index is 15.1. The minimum Gasteiger partial charge on any atom is -0.490 e. The lowest BCUT2D eigenvalue weighted by Crippen LogP contribution is -2.27. The van der Waals surface area contributed by atoms with Crippen LogP contribution in [0, 0.1) is 41.3 Å². The standard InChI is InChI=1S/C30H44F4O/c1-20-3-7-22(8-4-20)9-16-26-17-18-27(29(31)28(26)30(32,33)34)35-19-23-10-14-25(15-11-23)24-12-5-21(2)6-13-24/h17-18,20-25H,3-16,19H2,1-2H3. The van der Waals surface area contributed by atoms with E-state index in [1.54, 1.807) is 0 Å². The molecule has 3 aliphatic carbocycles. The molecule has 0 amide bonds. The van der Waals surface area contributed by atoms with Gasteiger partial charge in [-0.3, -0.25) is 0 Å². The van der Waals surface area contributed by atoms with E-state index in [0.717, 1.165) is 56.3 Å². The summed E-state index contributed by atoms with van der Waals surface area (Å²) in [5.74, 6) is 2.46. The van der Waals surface area contributed by atoms with Crippen LogP contribution in [0.3, 0.4) is 0 Å². The van der Waals surface area contributed by atoms with Gasteiger partial charge in [-0.05, 0) is 98.5 Å². The van der Waals surface area contributed by atoms with Crippen LogP contribution in [0.4, 0.5) is 17.6 Å². The molecule has 0 N–H and O–H groups in total. The molecule has 3 fully saturated rings. The van der Waals surface area contributed by atoms with Gasteiger partial charge in [-0.15, -0.1) is 0 Å². The zero-order valence-corrected chi connectivity index (χ0v) is 21.6. The molecule has 0 heterocycles. The van der Waals surface area contributed by atoms with Gasteiger partial charge in [-0.1, -0.05) is 58.4 Å². The molecule has 0 spiro atoms. The summed E-state index contributed by atoms with van der Waals surface area (Å²) >= 11 is 0. The topological polar surface area (TPSA) is 9.23 Å². The molecule has 1 nitrogen and oxygen atoms in total. The lowest BCUT2D eigenvalue weighted by Gasteiger charge is -2.37. The first kappa shape index (κ1) is 26.8. The van der Waals surface area contributed by atoms with Gasteiger partial charge in [0.05, 0.1) is 12.2 Å². The van der Waals surface area contributed by atoms with Gasteiger partial charge in [-0.25, -0.2) is 4.39 Å². The summed E-state index contributed by atoms with van der Waals surface area (Å²) < 4.78 is 62.3. The Hall–Kier alpha value is -1.26. The molecule has 0 aliphatic heterocycles. The van der Waals surface area contributed by atoms with Gasteiger partial charge in [0.1, 0.15) is 0 Å². The highest BCUT2D eigenvalue weighted by atomic mass is 19.4. The first-order valence-corrected chi connectivity index (χ1v) is 14.2. The number of aryl methyl sites for hydroxylation is 1. The van der Waals surface area contributed by atoms with E-state index in [-0.39, 0.29) is 17.7 Å². The Morgan fingerprint density at radius 2 is 1.26 bits per heavy atom. The van der Waals surface area contributed by atoms with Crippen LogP contribution in [0.1, 0.15) is 108 Å². The SMILES string of the molecule is CC1CCC(CCc2ccc(OCC3CCC(C4CCC(C)CC4)CC3)c(F)c2C(F)(F)F)CC1. The molecule has 0 aromatic heterocycles. The van der Waals surface area contributed by atoms with Crippen LogP contribution in [0.15, 0.2) is 12.1 Å². The van der Waals surface area contributed by atoms with Crippen LogP contribution < -0.4 is 4.74 Å². The molecular formula is C30H44F4O. The molecule has 1 aromatic carbocycles. The molecule has 4 rings (SSSR count). The number of alkyl halides is 3. The summed E-state index contributed by atoms with van der Waals surface area (Å²) in [6.45, 7) is 4.88. The quantitative estimate of drug-likeness (QED) is 0.341. The van der Waals surface area contributed by atoms with Crippen LogP contribution in [0.5, 0.6) is 5.75 Å². The van der Waals surface area contributed by atoms with E-state index in [4.69, 9.17) is 4.74 Å². The fourth-order valence-corrected chi connectivity index (χ4v) is 6.99. The Labute approximate surface area is 209 Å². The van der Waals surface area contributed by atoms with Gasteiger partial charge >= 0.3 is 6.18 Å². The number of hydrogen-bond acceptors (Lipinski definition) is 1. The summed E-state index contributed by atoms with van der Waals surface area (Å²) in [6.07, 6.45) is 10.4. The molecule has 35 heavy (non-hydrogen) atoms. The van der Waals surface area contributed by atoms with Crippen LogP contribution in [-0.4, -0.2) is 6.61 Å². The third-order valence-electron chi connectivity index (χ3n) is 9.53. The summed E-state index contributed by atoms with van der Waals surface area (Å²) in [5.41, 5.74) is -1.04. The van der Waals surface area contributed by atoms with Crippen molar-refractivity contribution in [2.24, 2.45) is 35.5 Å². The predicted molar refractivity (Wildman–Crippen MR) is 133 cm³/mol. The van der Waals surface area contributed by atoms with E-state index in [2.05, 4.69) is 13.8 Å². The normalized spacial score (nSPS) is 32.4. The first-order valence-electron chi connectivity index (χ1n) is 14.2. The molecule has 0 atom stereocenters. The maximum Gasteiger partial charge on any atom is 0.419 e. The molecular weight excluding hydrogens is 452 g/mol. The van der Waals surface area contributed by atoms with Crippen molar-refractivity contribution < 1.29 is 22.3 Å². The van der Waals surface area contributed by atoms with Gasteiger partial charge < -0.3 is 4.74 Å². The second-order valence-corrected chi connectivity index (χ2v) is 12.2. The maximum absolute atomic E-state index is 15.1. The number of benzene rings is 1. The van der Waals surface area contributed by atoms with Crippen molar-refractivity contribution in [1.29, 1.82) is 0 Å². The number of ether oxygens (including phenoxy) is 1. The van der Waals surface area contributed by atoms with E-state index < -0.39 is 17.6 Å². The Morgan fingerprint density at radius 1 is 0.743 bits per heavy atom. The van der Waals surface area contributed by atoms with Crippen molar-refractivity contribution >= 4 is 0 Å². The van der Waals surface area contributed by atoms with Crippen molar-refractivity contribution in [2.45, 2.75) is 110 Å². The molecule has 0 bridgehead atoms. The molecule has 0 unspecified atom stereocenters. The van der Waals surface area contributed by atoms with Crippen molar-refractivity contribution in [3.8, 4) is 5.75 Å². The van der Waals surface area contributed by atoms with E-state index in [0.29, 0.717) is 30.8 Å². The van der Waals surface area contributed by atoms with E-state index in [1.807, 2.05) is 0 Å². The van der Waals surface area contributed by atoms with Crippen LogP contribution in [0.2, 0.25) is 0 Å². The second kappa shape index (κ2) is 11.9. The summed E-state index contributed by atoms with van der Waals surface area (Å²) in [6, 6.07) is 2.88. The average molecular weight is 497 g/mol. The van der Waals surface area contributed by atoms with Crippen molar-refractivity contribution in [2.75, 3.05) is 6.61 Å². The monoisotopic (exact) mass is 496 g/mol. The van der Waals surface area contributed by atoms with E-state index >= 15 is 4.39 Å². The lowest BCUT2D eigenvalue weighted by molar-refractivity contribution is -0.140. The van der Waals surface area contributed by atoms with Gasteiger partial charge in [0.15, 0.2) is 11.6 Å². The molecule has 3 aliphatic rings. The van der Waals surface area contributed by atoms with Crippen LogP contribution in [-0.2, 0) is 12.6 Å². The summed E-state index contributed by atoms with van der Waals surface area (Å²) in [7, 11) is 0. The molecule has 5 heteroatoms. The number of halogens is 4. The largest absolute Gasteiger partial charge is 0.490 e. The molecule has 0 radical (unpaired) electrons. The lowest BCUT2D eigenvalue weighted by atomic mass is 9.69. The van der Waals surface area contributed by atoms with Crippen molar-refractivity contribution in [3.63, 3.8) is 0 Å². The first-order chi connectivity index (χ1) is 16.7. The molecule has 0 saturated heterocycles. The van der Waals surface area contributed by atoms with Gasteiger partial charge in [0.25, 0.3) is 0 Å². The predicted octanol–water partition coefficient (Wildman–Crippen LogP) is 9.61. The fourth-order valence-electron chi connectivity index (χ4n) is 6.99. The Balaban J connectivity index is 1.31. The smallest absolute Gasteiger partial charge is 0.419 e. The molecule has 1 aromatic rings. The van der Waals surface area contributed by atoms with Gasteiger partial charge in [0, 0.05) is 0 Å². The fraction of sp³-hybridized carbons (Fsp3) is 0.800. The number of rotatable bonds is 7. The summed E-state index contributed by atoms with van der Waals surface area (Å²) in [5, 5.41) is 0. The second-order valence-electron chi connectivity index (χ2n) is 12.2. The Kier molecular flexibility index (Phi) is 9.08. The van der Waals surface area contributed by atoms with Crippen LogP contribution >= 0.6 is 0 Å². The van der Waals surface area contributed by atoms with Crippen molar-refractivity contribution in [1.82, 2.24) is 0 Å². The molecule has 198 valence electrons. The zero-order chi connectivity index (χ0) is 25.0. The Morgan fingerprint density at radius 3 is 1.83 bits per heavy atom. The van der Waals surface area contributed by atoms with Crippen LogP contribution in [0.25, 0.3) is 0 Å². The summed E-state index contributed by atoms with van der Waals surface area (Å²) in [4.78, 5) is 0. The highest BCUT2D eigenvalue weighted by Gasteiger charge is 2.38. The molecule has 3 saturated carbocycles. The highest BCUT2D eigenvalue weighted by molar-refractivity contribution is 5.39.